The average molecular weight is 232 g/mol. The Morgan fingerprint density at radius 2 is 1.82 bits per heavy atom. The summed E-state index contributed by atoms with van der Waals surface area (Å²) in [5, 5.41) is 0. The first-order chi connectivity index (χ1) is 8.12. The molecule has 17 heavy (non-hydrogen) atoms. The predicted octanol–water partition coefficient (Wildman–Crippen LogP) is 2.83. The zero-order valence-electron chi connectivity index (χ0n) is 11.2. The Morgan fingerprint density at radius 3 is 2.24 bits per heavy atom. The fraction of sp³-hybridized carbons (Fsp3) is 0.467. The molecule has 2 nitrogen and oxygen atoms in total. The summed E-state index contributed by atoms with van der Waals surface area (Å²) >= 11 is 0. The van der Waals surface area contributed by atoms with Crippen LogP contribution >= 0.6 is 0 Å². The van der Waals surface area contributed by atoms with Gasteiger partial charge in [0.05, 0.1) is 0 Å². The monoisotopic (exact) mass is 232 g/mol. The van der Waals surface area contributed by atoms with Crippen molar-refractivity contribution in [2.75, 3.05) is 0 Å². The number of nitrogens with two attached hydrogens (primary N) is 2. The van der Waals surface area contributed by atoms with E-state index in [1.807, 2.05) is 13.0 Å². The van der Waals surface area contributed by atoms with Crippen molar-refractivity contribution in [3.05, 3.63) is 47.1 Å². The van der Waals surface area contributed by atoms with E-state index in [0.717, 1.165) is 18.4 Å². The van der Waals surface area contributed by atoms with Crippen LogP contribution in [0.2, 0.25) is 0 Å². The summed E-state index contributed by atoms with van der Waals surface area (Å²) in [4.78, 5) is 0. The van der Waals surface area contributed by atoms with Gasteiger partial charge in [-0.05, 0) is 42.1 Å². The van der Waals surface area contributed by atoms with Crippen molar-refractivity contribution >= 4 is 0 Å². The highest BCUT2D eigenvalue weighted by Crippen LogP contribution is 2.34. The Labute approximate surface area is 105 Å². The zero-order valence-corrected chi connectivity index (χ0v) is 11.2. The molecule has 0 saturated carbocycles. The van der Waals surface area contributed by atoms with Gasteiger partial charge in [-0.25, -0.2) is 0 Å². The summed E-state index contributed by atoms with van der Waals surface area (Å²) in [6, 6.07) is -0.207. The van der Waals surface area contributed by atoms with Crippen LogP contribution in [-0.2, 0) is 0 Å². The summed E-state index contributed by atoms with van der Waals surface area (Å²) in [5.74, 6) is 0. The molecule has 0 saturated heterocycles. The SMILES string of the molecule is C=CC1=C(CC)C(/C=C/C)=C(CC)C(N)C1N. The fourth-order valence-corrected chi connectivity index (χ4v) is 2.59. The summed E-state index contributed by atoms with van der Waals surface area (Å²) < 4.78 is 0. The van der Waals surface area contributed by atoms with Gasteiger partial charge in [0.1, 0.15) is 0 Å². The van der Waals surface area contributed by atoms with Gasteiger partial charge < -0.3 is 11.5 Å². The summed E-state index contributed by atoms with van der Waals surface area (Å²) in [7, 11) is 0. The van der Waals surface area contributed by atoms with Crippen LogP contribution in [0.25, 0.3) is 0 Å². The second-order valence-corrected chi connectivity index (χ2v) is 4.34. The van der Waals surface area contributed by atoms with Crippen molar-refractivity contribution < 1.29 is 0 Å². The van der Waals surface area contributed by atoms with E-state index in [1.165, 1.54) is 16.7 Å². The van der Waals surface area contributed by atoms with Crippen molar-refractivity contribution in [2.24, 2.45) is 11.5 Å². The Morgan fingerprint density at radius 1 is 1.18 bits per heavy atom. The van der Waals surface area contributed by atoms with Crippen LogP contribution in [-0.4, -0.2) is 12.1 Å². The third-order valence-corrected chi connectivity index (χ3v) is 3.46. The third-order valence-electron chi connectivity index (χ3n) is 3.46. The maximum Gasteiger partial charge on any atom is 0.0490 e. The molecule has 0 aromatic rings. The molecule has 0 bridgehead atoms. The number of hydrogen-bond acceptors (Lipinski definition) is 2. The molecular formula is C15H24N2. The highest BCUT2D eigenvalue weighted by atomic mass is 14.8. The van der Waals surface area contributed by atoms with E-state index in [0.29, 0.717) is 0 Å². The molecule has 0 aromatic heterocycles. The number of hydrogen-bond donors (Lipinski definition) is 2. The van der Waals surface area contributed by atoms with Crippen molar-refractivity contribution in [3.63, 3.8) is 0 Å². The molecule has 1 aliphatic rings. The first-order valence-corrected chi connectivity index (χ1v) is 6.34. The summed E-state index contributed by atoms with van der Waals surface area (Å²) in [6.45, 7) is 10.2. The van der Waals surface area contributed by atoms with E-state index in [2.05, 4.69) is 32.6 Å². The molecule has 1 rings (SSSR count). The standard InChI is InChI=1S/C15H24N2/c1-5-9-13-10(6-2)11(7-3)14(16)15(17)12(13)8-4/h5,7,9,14-15H,3,6,8,16-17H2,1-2,4H3/b9-5+. The smallest absolute Gasteiger partial charge is 0.0490 e. The average Bonchev–Trinajstić information content (AvgIpc) is 2.33. The fourth-order valence-electron chi connectivity index (χ4n) is 2.59. The number of rotatable bonds is 4. The van der Waals surface area contributed by atoms with Crippen LogP contribution in [0.5, 0.6) is 0 Å². The van der Waals surface area contributed by atoms with Gasteiger partial charge in [-0.1, -0.05) is 38.7 Å². The zero-order chi connectivity index (χ0) is 13.0. The molecule has 0 aromatic carbocycles. The lowest BCUT2D eigenvalue weighted by Crippen LogP contribution is -2.46. The molecule has 2 heteroatoms. The normalized spacial score (nSPS) is 25.9. The van der Waals surface area contributed by atoms with E-state index in [1.54, 1.807) is 0 Å². The quantitative estimate of drug-likeness (QED) is 0.783. The highest BCUT2D eigenvalue weighted by molar-refractivity contribution is 5.55. The molecule has 94 valence electrons. The highest BCUT2D eigenvalue weighted by Gasteiger charge is 2.29. The molecule has 0 spiro atoms. The van der Waals surface area contributed by atoms with E-state index in [9.17, 15) is 0 Å². The van der Waals surface area contributed by atoms with E-state index in [-0.39, 0.29) is 12.1 Å². The maximum atomic E-state index is 6.24. The van der Waals surface area contributed by atoms with Crippen LogP contribution in [0, 0.1) is 0 Å². The predicted molar refractivity (Wildman–Crippen MR) is 75.6 cm³/mol. The minimum absolute atomic E-state index is 0.0884. The summed E-state index contributed by atoms with van der Waals surface area (Å²) in [6.07, 6.45) is 7.98. The largest absolute Gasteiger partial charge is 0.323 e. The number of allylic oxidation sites excluding steroid dienone is 4. The Bertz CT molecular complexity index is 386. The third kappa shape index (κ3) is 2.43. The van der Waals surface area contributed by atoms with Crippen LogP contribution in [0.4, 0.5) is 0 Å². The molecule has 0 amide bonds. The van der Waals surface area contributed by atoms with Gasteiger partial charge in [-0.15, -0.1) is 0 Å². The minimum Gasteiger partial charge on any atom is -0.323 e. The molecule has 0 heterocycles. The molecule has 1 aliphatic carbocycles. The second kappa shape index (κ2) is 5.99. The molecule has 4 N–H and O–H groups in total. The Hall–Kier alpha value is -1.12. The molecule has 2 unspecified atom stereocenters. The van der Waals surface area contributed by atoms with Crippen molar-refractivity contribution in [2.45, 2.75) is 45.7 Å². The van der Waals surface area contributed by atoms with Crippen LogP contribution < -0.4 is 11.5 Å². The van der Waals surface area contributed by atoms with Gasteiger partial charge in [0.2, 0.25) is 0 Å². The minimum atomic E-state index is -0.119. The van der Waals surface area contributed by atoms with Gasteiger partial charge in [0, 0.05) is 12.1 Å². The van der Waals surface area contributed by atoms with Gasteiger partial charge in [0.25, 0.3) is 0 Å². The van der Waals surface area contributed by atoms with Gasteiger partial charge in [-0.3, -0.25) is 0 Å². The van der Waals surface area contributed by atoms with Crippen molar-refractivity contribution in [1.29, 1.82) is 0 Å². The van der Waals surface area contributed by atoms with E-state index >= 15 is 0 Å². The van der Waals surface area contributed by atoms with Crippen LogP contribution in [0.1, 0.15) is 33.6 Å². The molecular weight excluding hydrogens is 208 g/mol. The Kier molecular flexibility index (Phi) is 4.91. The molecule has 2 atom stereocenters. The van der Waals surface area contributed by atoms with Gasteiger partial charge in [0.15, 0.2) is 0 Å². The summed E-state index contributed by atoms with van der Waals surface area (Å²) in [5.41, 5.74) is 17.4. The van der Waals surface area contributed by atoms with Crippen LogP contribution in [0.15, 0.2) is 47.1 Å². The van der Waals surface area contributed by atoms with Gasteiger partial charge in [-0.2, -0.15) is 0 Å². The van der Waals surface area contributed by atoms with Crippen LogP contribution in [0.3, 0.4) is 0 Å². The molecule has 0 aliphatic heterocycles. The lowest BCUT2D eigenvalue weighted by Gasteiger charge is -2.33. The molecule has 0 fully saturated rings. The molecule has 0 radical (unpaired) electrons. The van der Waals surface area contributed by atoms with Gasteiger partial charge >= 0.3 is 0 Å². The van der Waals surface area contributed by atoms with E-state index in [4.69, 9.17) is 11.5 Å². The maximum absolute atomic E-state index is 6.24. The Balaban J connectivity index is 3.46. The van der Waals surface area contributed by atoms with E-state index < -0.39 is 0 Å². The lowest BCUT2D eigenvalue weighted by molar-refractivity contribution is 0.615. The van der Waals surface area contributed by atoms with Crippen molar-refractivity contribution in [3.8, 4) is 0 Å². The topological polar surface area (TPSA) is 52.0 Å². The first kappa shape index (κ1) is 13.9. The lowest BCUT2D eigenvalue weighted by atomic mass is 9.77. The van der Waals surface area contributed by atoms with Crippen molar-refractivity contribution in [1.82, 2.24) is 0 Å². The first-order valence-electron chi connectivity index (χ1n) is 6.34. The second-order valence-electron chi connectivity index (χ2n) is 4.34.